The third-order valence-electron chi connectivity index (χ3n) is 2.49. The molecule has 0 amide bonds. The summed E-state index contributed by atoms with van der Waals surface area (Å²) >= 11 is 0. The lowest BCUT2D eigenvalue weighted by Gasteiger charge is -2.17. The monoisotopic (exact) mass is 311 g/mol. The Morgan fingerprint density at radius 1 is 1.33 bits per heavy atom. The van der Waals surface area contributed by atoms with Crippen LogP contribution in [0.4, 0.5) is 0 Å². The zero-order valence-electron chi connectivity index (χ0n) is 11.1. The van der Waals surface area contributed by atoms with Gasteiger partial charge in [0, 0.05) is 0 Å². The van der Waals surface area contributed by atoms with Crippen molar-refractivity contribution in [2.75, 3.05) is 20.2 Å². The Balaban J connectivity index is 3.13. The fourth-order valence-corrected chi connectivity index (χ4v) is 2.81. The van der Waals surface area contributed by atoms with Crippen LogP contribution in [0.1, 0.15) is 10.4 Å². The summed E-state index contributed by atoms with van der Waals surface area (Å²) in [6.07, 6.45) is 5.05. The summed E-state index contributed by atoms with van der Waals surface area (Å²) in [5, 5.41) is 8.73. The van der Waals surface area contributed by atoms with E-state index in [1.165, 1.54) is 31.4 Å². The first-order chi connectivity index (χ1) is 9.82. The van der Waals surface area contributed by atoms with Crippen LogP contribution in [-0.2, 0) is 19.6 Å². The number of carboxylic acids is 1. The number of hydrogen-bond acceptors (Lipinski definition) is 5. The Bertz CT molecular complexity index is 672. The fourth-order valence-electron chi connectivity index (χ4n) is 1.51. The van der Waals surface area contributed by atoms with Gasteiger partial charge in [-0.05, 0) is 24.3 Å². The van der Waals surface area contributed by atoms with E-state index in [0.717, 1.165) is 0 Å². The topological polar surface area (TPSA) is 101 Å². The molecule has 0 bridgehead atoms. The lowest BCUT2D eigenvalue weighted by Crippen LogP contribution is -2.36. The molecular weight excluding hydrogens is 298 g/mol. The lowest BCUT2D eigenvalue weighted by molar-refractivity contribution is -0.137. The third kappa shape index (κ3) is 4.05. The van der Waals surface area contributed by atoms with E-state index < -0.39 is 28.5 Å². The number of carbonyl (C=O) groups is 2. The molecule has 7 nitrogen and oxygen atoms in total. The van der Waals surface area contributed by atoms with Crippen molar-refractivity contribution in [2.45, 2.75) is 4.90 Å². The van der Waals surface area contributed by atoms with E-state index in [2.05, 4.69) is 10.7 Å². The highest BCUT2D eigenvalue weighted by molar-refractivity contribution is 7.89. The van der Waals surface area contributed by atoms with Gasteiger partial charge in [-0.3, -0.25) is 4.79 Å². The second-order valence-electron chi connectivity index (χ2n) is 3.89. The number of ether oxygens (including phenoxy) is 1. The highest BCUT2D eigenvalue weighted by Crippen LogP contribution is 2.16. The first kappa shape index (κ1) is 16.7. The number of esters is 1. The molecule has 0 aliphatic carbocycles. The molecule has 0 aromatic heterocycles. The number of methoxy groups -OCH3 is 1. The van der Waals surface area contributed by atoms with Crippen LogP contribution in [0.5, 0.6) is 0 Å². The van der Waals surface area contributed by atoms with Crippen LogP contribution >= 0.6 is 0 Å². The van der Waals surface area contributed by atoms with Crippen LogP contribution in [0.3, 0.4) is 0 Å². The van der Waals surface area contributed by atoms with Crippen molar-refractivity contribution in [1.29, 1.82) is 0 Å². The van der Waals surface area contributed by atoms with E-state index >= 15 is 0 Å². The van der Waals surface area contributed by atoms with Gasteiger partial charge in [-0.15, -0.1) is 6.42 Å². The van der Waals surface area contributed by atoms with E-state index in [-0.39, 0.29) is 17.0 Å². The molecule has 0 saturated heterocycles. The third-order valence-corrected chi connectivity index (χ3v) is 4.30. The van der Waals surface area contributed by atoms with Gasteiger partial charge in [-0.2, -0.15) is 4.31 Å². The van der Waals surface area contributed by atoms with E-state index in [4.69, 9.17) is 11.5 Å². The molecule has 0 heterocycles. The molecule has 8 heteroatoms. The van der Waals surface area contributed by atoms with E-state index in [9.17, 15) is 18.0 Å². The molecular formula is C13H13NO6S. The van der Waals surface area contributed by atoms with Crippen molar-refractivity contribution in [1.82, 2.24) is 4.31 Å². The van der Waals surface area contributed by atoms with Gasteiger partial charge >= 0.3 is 11.9 Å². The number of rotatable bonds is 6. The maximum absolute atomic E-state index is 12.3. The number of carboxylic acid groups (broad SMARTS) is 1. The Morgan fingerprint density at radius 3 is 2.33 bits per heavy atom. The Morgan fingerprint density at radius 2 is 1.90 bits per heavy atom. The van der Waals surface area contributed by atoms with E-state index in [1.807, 2.05) is 0 Å². The number of aliphatic carboxylic acids is 1. The molecule has 1 N–H and O–H groups in total. The normalized spacial score (nSPS) is 10.9. The number of terminal acetylenes is 1. The number of hydrogen-bond donors (Lipinski definition) is 1. The van der Waals surface area contributed by atoms with Gasteiger partial charge in [0.05, 0.1) is 24.1 Å². The van der Waals surface area contributed by atoms with Crippen molar-refractivity contribution in [3.05, 3.63) is 29.8 Å². The largest absolute Gasteiger partial charge is 0.480 e. The van der Waals surface area contributed by atoms with Gasteiger partial charge in [0.1, 0.15) is 6.54 Å². The molecule has 0 aliphatic rings. The summed E-state index contributed by atoms with van der Waals surface area (Å²) in [6, 6.07) is 4.92. The van der Waals surface area contributed by atoms with Crippen molar-refractivity contribution in [3.63, 3.8) is 0 Å². The van der Waals surface area contributed by atoms with Gasteiger partial charge in [0.15, 0.2) is 0 Å². The van der Waals surface area contributed by atoms with Gasteiger partial charge in [0.2, 0.25) is 10.0 Å². The van der Waals surface area contributed by atoms with Gasteiger partial charge in [0.25, 0.3) is 0 Å². The number of nitrogens with zero attached hydrogens (tertiary/aromatic N) is 1. The van der Waals surface area contributed by atoms with Crippen LogP contribution in [-0.4, -0.2) is 50.0 Å². The van der Waals surface area contributed by atoms with Gasteiger partial charge < -0.3 is 9.84 Å². The minimum absolute atomic E-state index is 0.161. The molecule has 1 rings (SSSR count). The first-order valence-electron chi connectivity index (χ1n) is 5.66. The molecule has 1 aromatic rings. The second kappa shape index (κ2) is 6.88. The molecule has 0 fully saturated rings. The van der Waals surface area contributed by atoms with Crippen LogP contribution in [0.25, 0.3) is 0 Å². The second-order valence-corrected chi connectivity index (χ2v) is 5.82. The molecule has 0 aliphatic heterocycles. The average molecular weight is 311 g/mol. The number of carbonyl (C=O) groups excluding carboxylic acids is 1. The quantitative estimate of drug-likeness (QED) is 0.594. The average Bonchev–Trinajstić information content (AvgIpc) is 2.45. The smallest absolute Gasteiger partial charge is 0.337 e. The molecule has 0 atom stereocenters. The van der Waals surface area contributed by atoms with Crippen molar-refractivity contribution < 1.29 is 27.9 Å². The maximum Gasteiger partial charge on any atom is 0.337 e. The standard InChI is InChI=1S/C13H13NO6S/c1-3-8-14(9-12(15)16)21(18,19)11-6-4-10(5-7-11)13(17)20-2/h1,4-7H,8-9H2,2H3,(H,15,16). The number of sulfonamides is 1. The maximum atomic E-state index is 12.3. The minimum atomic E-state index is -4.05. The lowest BCUT2D eigenvalue weighted by atomic mass is 10.2. The summed E-state index contributed by atoms with van der Waals surface area (Å²) in [4.78, 5) is 21.8. The SMILES string of the molecule is C#CCN(CC(=O)O)S(=O)(=O)c1ccc(C(=O)OC)cc1. The minimum Gasteiger partial charge on any atom is -0.480 e. The molecule has 0 spiro atoms. The van der Waals surface area contributed by atoms with E-state index in [0.29, 0.717) is 4.31 Å². The molecule has 21 heavy (non-hydrogen) atoms. The zero-order valence-corrected chi connectivity index (χ0v) is 12.0. The van der Waals surface area contributed by atoms with Crippen molar-refractivity contribution in [2.24, 2.45) is 0 Å². The van der Waals surface area contributed by atoms with Crippen molar-refractivity contribution >= 4 is 22.0 Å². The highest BCUT2D eigenvalue weighted by atomic mass is 32.2. The summed E-state index contributed by atoms with van der Waals surface area (Å²) in [5.74, 6) is 0.171. The molecule has 1 aromatic carbocycles. The molecule has 0 unspecified atom stereocenters. The molecule has 0 saturated carbocycles. The van der Waals surface area contributed by atoms with Crippen LogP contribution in [0, 0.1) is 12.3 Å². The summed E-state index contributed by atoms with van der Waals surface area (Å²) < 4.78 is 29.7. The zero-order chi connectivity index (χ0) is 16.0. The van der Waals surface area contributed by atoms with Crippen LogP contribution in [0.15, 0.2) is 29.2 Å². The van der Waals surface area contributed by atoms with E-state index in [1.54, 1.807) is 0 Å². The Hall–Kier alpha value is -2.37. The Kier molecular flexibility index (Phi) is 5.46. The summed E-state index contributed by atoms with van der Waals surface area (Å²) in [7, 11) is -2.85. The summed E-state index contributed by atoms with van der Waals surface area (Å²) in [5.41, 5.74) is 0.179. The molecule has 0 radical (unpaired) electrons. The first-order valence-corrected chi connectivity index (χ1v) is 7.10. The van der Waals surface area contributed by atoms with Crippen LogP contribution in [0.2, 0.25) is 0 Å². The fraction of sp³-hybridized carbons (Fsp3) is 0.231. The molecule has 112 valence electrons. The van der Waals surface area contributed by atoms with Crippen LogP contribution < -0.4 is 0 Å². The van der Waals surface area contributed by atoms with Gasteiger partial charge in [-0.25, -0.2) is 13.2 Å². The predicted molar refractivity (Wildman–Crippen MR) is 73.0 cm³/mol. The Labute approximate surface area is 122 Å². The predicted octanol–water partition coefficient (Wildman–Crippen LogP) is 0.182. The van der Waals surface area contributed by atoms with Crippen molar-refractivity contribution in [3.8, 4) is 12.3 Å². The highest BCUT2D eigenvalue weighted by Gasteiger charge is 2.26. The number of benzene rings is 1. The van der Waals surface area contributed by atoms with Gasteiger partial charge in [-0.1, -0.05) is 5.92 Å². The summed E-state index contributed by atoms with van der Waals surface area (Å²) in [6.45, 7) is -1.11.